The molecule has 8 heteroatoms. The summed E-state index contributed by atoms with van der Waals surface area (Å²) in [6.45, 7) is 3.78. The van der Waals surface area contributed by atoms with E-state index in [4.69, 9.17) is 9.97 Å². The van der Waals surface area contributed by atoms with Crippen LogP contribution in [0.25, 0.3) is 50.4 Å². The molecule has 0 amide bonds. The molecule has 0 bridgehead atoms. The minimum atomic E-state index is 0.664. The van der Waals surface area contributed by atoms with Gasteiger partial charge in [-0.25, -0.2) is 9.97 Å². The molecule has 6 rings (SSSR count). The standard InChI is InChI=1S/C25H22N8/c1-2-26-12-15-11-17(14-27-13-15)18-7-8-20-23(29-18)24(33-32-20)25-30-19-9-10-28-21(22(19)31-25)16-5-3-4-6-16/h3,5-11,13-14,26H,2,4,12H2,1H3,(H,30,31)(H,32,33). The number of allylic oxidation sites excluding steroid dienone is 4. The van der Waals surface area contributed by atoms with E-state index in [1.54, 1.807) is 6.20 Å². The van der Waals surface area contributed by atoms with Gasteiger partial charge in [0.25, 0.3) is 0 Å². The molecule has 3 N–H and O–H groups in total. The Morgan fingerprint density at radius 3 is 2.85 bits per heavy atom. The maximum atomic E-state index is 4.92. The normalized spacial score (nSPS) is 13.3. The van der Waals surface area contributed by atoms with Gasteiger partial charge in [-0.05, 0) is 48.4 Å². The van der Waals surface area contributed by atoms with E-state index in [1.807, 2.05) is 30.6 Å². The molecular weight excluding hydrogens is 412 g/mol. The van der Waals surface area contributed by atoms with E-state index < -0.39 is 0 Å². The van der Waals surface area contributed by atoms with E-state index in [9.17, 15) is 0 Å². The molecule has 0 fully saturated rings. The topological polar surface area (TPSA) is 108 Å². The van der Waals surface area contributed by atoms with Crippen LogP contribution in [0.4, 0.5) is 0 Å². The van der Waals surface area contributed by atoms with Crippen LogP contribution in [-0.4, -0.2) is 41.7 Å². The SMILES string of the molecule is CCNCc1cncc(-c2ccc3[nH]nc(-c4nc5c(C6=CCC=C6)nccc5[nH]4)c3n2)c1. The maximum Gasteiger partial charge on any atom is 0.161 e. The highest BCUT2D eigenvalue weighted by Gasteiger charge is 2.18. The summed E-state index contributed by atoms with van der Waals surface area (Å²) in [7, 11) is 0. The van der Waals surface area contributed by atoms with Gasteiger partial charge in [0.2, 0.25) is 0 Å². The lowest BCUT2D eigenvalue weighted by molar-refractivity contribution is 0.724. The van der Waals surface area contributed by atoms with Crippen molar-refractivity contribution in [2.24, 2.45) is 0 Å². The van der Waals surface area contributed by atoms with Crippen LogP contribution in [0.3, 0.4) is 0 Å². The number of hydrogen-bond donors (Lipinski definition) is 3. The van der Waals surface area contributed by atoms with Gasteiger partial charge in [-0.15, -0.1) is 0 Å². The first kappa shape index (κ1) is 19.5. The number of H-pyrrole nitrogens is 2. The number of aromatic amines is 2. The zero-order chi connectivity index (χ0) is 22.2. The number of nitrogens with zero attached hydrogens (tertiary/aromatic N) is 5. The number of nitrogens with one attached hydrogen (secondary N) is 3. The molecule has 8 nitrogen and oxygen atoms in total. The second kappa shape index (κ2) is 8.07. The number of fused-ring (bicyclic) bond motifs is 2. The smallest absolute Gasteiger partial charge is 0.161 e. The molecule has 5 aromatic rings. The van der Waals surface area contributed by atoms with Crippen LogP contribution >= 0.6 is 0 Å². The van der Waals surface area contributed by atoms with Gasteiger partial charge >= 0.3 is 0 Å². The summed E-state index contributed by atoms with van der Waals surface area (Å²) in [5, 5.41) is 10.9. The van der Waals surface area contributed by atoms with Crippen LogP contribution in [0.5, 0.6) is 0 Å². The van der Waals surface area contributed by atoms with Crippen molar-refractivity contribution in [2.75, 3.05) is 6.54 Å². The Labute approximate surface area is 189 Å². The third-order valence-corrected chi connectivity index (χ3v) is 5.75. The summed E-state index contributed by atoms with van der Waals surface area (Å²) in [6.07, 6.45) is 12.8. The number of pyridine rings is 3. The van der Waals surface area contributed by atoms with E-state index in [-0.39, 0.29) is 0 Å². The lowest BCUT2D eigenvalue weighted by atomic mass is 10.1. The average Bonchev–Trinajstić information content (AvgIpc) is 3.61. The largest absolute Gasteiger partial charge is 0.336 e. The quantitative estimate of drug-likeness (QED) is 0.365. The molecule has 0 spiro atoms. The molecule has 0 saturated heterocycles. The van der Waals surface area contributed by atoms with E-state index in [2.05, 4.69) is 61.7 Å². The Hall–Kier alpha value is -4.17. The van der Waals surface area contributed by atoms with Gasteiger partial charge in [0, 0.05) is 30.7 Å². The van der Waals surface area contributed by atoms with Gasteiger partial charge in [0.15, 0.2) is 11.5 Å². The number of aromatic nitrogens is 7. The van der Waals surface area contributed by atoms with Crippen LogP contribution in [-0.2, 0) is 6.54 Å². The molecule has 1 aliphatic carbocycles. The molecule has 0 radical (unpaired) electrons. The van der Waals surface area contributed by atoms with Crippen molar-refractivity contribution in [1.82, 2.24) is 40.4 Å². The zero-order valence-corrected chi connectivity index (χ0v) is 18.1. The van der Waals surface area contributed by atoms with Crippen molar-refractivity contribution in [2.45, 2.75) is 19.9 Å². The van der Waals surface area contributed by atoms with E-state index >= 15 is 0 Å². The summed E-state index contributed by atoms with van der Waals surface area (Å²) < 4.78 is 0. The van der Waals surface area contributed by atoms with Gasteiger partial charge in [-0.1, -0.05) is 25.2 Å². The van der Waals surface area contributed by atoms with Crippen molar-refractivity contribution in [3.8, 4) is 22.8 Å². The molecular formula is C25H22N8. The highest BCUT2D eigenvalue weighted by molar-refractivity contribution is 5.95. The Balaban J connectivity index is 1.43. The first-order valence-electron chi connectivity index (χ1n) is 11.0. The van der Waals surface area contributed by atoms with Crippen molar-refractivity contribution in [1.29, 1.82) is 0 Å². The van der Waals surface area contributed by atoms with E-state index in [1.165, 1.54) is 0 Å². The van der Waals surface area contributed by atoms with Crippen LogP contribution in [0, 0.1) is 0 Å². The Bertz CT molecular complexity index is 1540. The Morgan fingerprint density at radius 1 is 1.03 bits per heavy atom. The fourth-order valence-electron chi connectivity index (χ4n) is 4.11. The van der Waals surface area contributed by atoms with Crippen LogP contribution < -0.4 is 5.32 Å². The van der Waals surface area contributed by atoms with Crippen molar-refractivity contribution < 1.29 is 0 Å². The predicted molar refractivity (Wildman–Crippen MR) is 129 cm³/mol. The Morgan fingerprint density at radius 2 is 1.97 bits per heavy atom. The maximum absolute atomic E-state index is 4.92. The predicted octanol–water partition coefficient (Wildman–Crippen LogP) is 4.41. The molecule has 0 aromatic carbocycles. The second-order valence-corrected chi connectivity index (χ2v) is 7.97. The molecule has 0 unspecified atom stereocenters. The Kier molecular flexibility index (Phi) is 4.77. The summed E-state index contributed by atoms with van der Waals surface area (Å²) in [4.78, 5) is 22.2. The molecule has 5 heterocycles. The van der Waals surface area contributed by atoms with Crippen LogP contribution in [0.1, 0.15) is 24.6 Å². The van der Waals surface area contributed by atoms with Crippen LogP contribution in [0.2, 0.25) is 0 Å². The molecule has 0 atom stereocenters. The van der Waals surface area contributed by atoms with Crippen molar-refractivity contribution >= 4 is 27.6 Å². The summed E-state index contributed by atoms with van der Waals surface area (Å²) in [5.41, 5.74) is 8.95. The summed E-state index contributed by atoms with van der Waals surface area (Å²) in [5.74, 6) is 0.664. The summed E-state index contributed by atoms with van der Waals surface area (Å²) in [6, 6.07) is 8.03. The average molecular weight is 435 g/mol. The molecule has 162 valence electrons. The third kappa shape index (κ3) is 3.50. The second-order valence-electron chi connectivity index (χ2n) is 7.97. The number of hydrogen-bond acceptors (Lipinski definition) is 6. The highest BCUT2D eigenvalue weighted by atomic mass is 15.2. The first-order valence-corrected chi connectivity index (χ1v) is 11.0. The van der Waals surface area contributed by atoms with E-state index in [0.29, 0.717) is 11.5 Å². The molecule has 1 aliphatic rings. The van der Waals surface area contributed by atoms with Crippen LogP contribution in [0.15, 0.2) is 61.1 Å². The fourth-order valence-corrected chi connectivity index (χ4v) is 4.11. The molecule has 0 aliphatic heterocycles. The van der Waals surface area contributed by atoms with Crippen molar-refractivity contribution in [3.63, 3.8) is 0 Å². The third-order valence-electron chi connectivity index (χ3n) is 5.75. The fraction of sp³-hybridized carbons (Fsp3) is 0.160. The minimum Gasteiger partial charge on any atom is -0.336 e. The van der Waals surface area contributed by atoms with Crippen molar-refractivity contribution in [3.05, 3.63) is 72.3 Å². The molecule has 33 heavy (non-hydrogen) atoms. The summed E-state index contributed by atoms with van der Waals surface area (Å²) >= 11 is 0. The lowest BCUT2D eigenvalue weighted by Gasteiger charge is -2.05. The molecule has 0 saturated carbocycles. The van der Waals surface area contributed by atoms with Gasteiger partial charge < -0.3 is 10.3 Å². The van der Waals surface area contributed by atoms with E-state index in [0.717, 1.165) is 69.7 Å². The van der Waals surface area contributed by atoms with Gasteiger partial charge in [-0.3, -0.25) is 15.1 Å². The number of rotatable bonds is 6. The van der Waals surface area contributed by atoms with Gasteiger partial charge in [0.1, 0.15) is 11.0 Å². The van der Waals surface area contributed by atoms with Gasteiger partial charge in [0.05, 0.1) is 22.4 Å². The zero-order valence-electron chi connectivity index (χ0n) is 18.1. The lowest BCUT2D eigenvalue weighted by Crippen LogP contribution is -2.11. The highest BCUT2D eigenvalue weighted by Crippen LogP contribution is 2.30. The molecule has 5 aromatic heterocycles. The first-order chi connectivity index (χ1) is 16.3. The van der Waals surface area contributed by atoms with Gasteiger partial charge in [-0.2, -0.15) is 5.10 Å². The number of imidazole rings is 1. The minimum absolute atomic E-state index is 0.664. The monoisotopic (exact) mass is 434 g/mol.